The molecule has 0 saturated carbocycles. The summed E-state index contributed by atoms with van der Waals surface area (Å²) in [6, 6.07) is 0.774. The molecule has 0 N–H and O–H groups in total. The van der Waals surface area contributed by atoms with Gasteiger partial charge in [-0.05, 0) is 19.4 Å². The quantitative estimate of drug-likeness (QED) is 0.763. The molecule has 0 spiro atoms. The van der Waals surface area contributed by atoms with Crippen LogP contribution in [-0.4, -0.2) is 14.8 Å². The highest BCUT2D eigenvalue weighted by Crippen LogP contribution is 2.32. The fourth-order valence-corrected chi connectivity index (χ4v) is 2.15. The van der Waals surface area contributed by atoms with Crippen molar-refractivity contribution in [3.8, 4) is 0 Å². The third-order valence-electron chi connectivity index (χ3n) is 3.11. The molecule has 3 nitrogen and oxygen atoms in total. The fourth-order valence-electron chi connectivity index (χ4n) is 2.15. The van der Waals surface area contributed by atoms with Crippen LogP contribution in [0.5, 0.6) is 0 Å². The van der Waals surface area contributed by atoms with Crippen LogP contribution in [0.25, 0.3) is 11.0 Å². The molecule has 0 atom stereocenters. The molecule has 2 aromatic heterocycles. The number of hydrogen-bond donors (Lipinski definition) is 0. The van der Waals surface area contributed by atoms with Crippen molar-refractivity contribution in [3.05, 3.63) is 23.0 Å². The number of fused-ring (bicyclic) bond motifs is 1. The average Bonchev–Trinajstić information content (AvgIpc) is 2.72. The van der Waals surface area contributed by atoms with Gasteiger partial charge >= 0.3 is 0 Å². The Hall–Kier alpha value is -1.66. The topological polar surface area (TPSA) is 30.7 Å². The molecule has 0 radical (unpaired) electrons. The number of halogens is 4. The van der Waals surface area contributed by atoms with E-state index in [1.807, 2.05) is 6.92 Å². The molecule has 2 rings (SSSR count). The molecule has 0 aliphatic rings. The Morgan fingerprint density at radius 1 is 1.20 bits per heavy atom. The maximum absolute atomic E-state index is 13.1. The molecule has 110 valence electrons. The van der Waals surface area contributed by atoms with Crippen molar-refractivity contribution < 1.29 is 17.6 Å². The van der Waals surface area contributed by atoms with Crippen molar-refractivity contribution >= 4 is 11.0 Å². The van der Waals surface area contributed by atoms with Gasteiger partial charge in [-0.1, -0.05) is 13.3 Å². The van der Waals surface area contributed by atoms with E-state index in [1.54, 1.807) is 6.92 Å². The molecule has 0 amide bonds. The zero-order chi connectivity index (χ0) is 14.9. The van der Waals surface area contributed by atoms with E-state index >= 15 is 0 Å². The molecule has 2 aromatic rings. The summed E-state index contributed by atoms with van der Waals surface area (Å²) in [7, 11) is 0. The van der Waals surface area contributed by atoms with Crippen LogP contribution >= 0.6 is 0 Å². The fraction of sp³-hybridized carbons (Fsp3) is 0.538. The Kier molecular flexibility index (Phi) is 4.25. The van der Waals surface area contributed by atoms with E-state index < -0.39 is 24.1 Å². The lowest BCUT2D eigenvalue weighted by Gasteiger charge is -2.07. The maximum Gasteiger partial charge on any atom is 0.280 e. The minimum atomic E-state index is -2.88. The van der Waals surface area contributed by atoms with E-state index in [0.717, 1.165) is 18.9 Å². The lowest BCUT2D eigenvalue weighted by atomic mass is 10.1. The van der Waals surface area contributed by atoms with Crippen molar-refractivity contribution in [1.29, 1.82) is 0 Å². The second kappa shape index (κ2) is 5.76. The lowest BCUT2D eigenvalue weighted by Crippen LogP contribution is -2.03. The van der Waals surface area contributed by atoms with Crippen LogP contribution in [0, 0.1) is 6.92 Å². The second-order valence-corrected chi connectivity index (χ2v) is 4.60. The molecule has 0 fully saturated rings. The number of aromatic nitrogens is 3. The third kappa shape index (κ3) is 2.62. The van der Waals surface area contributed by atoms with Crippen LogP contribution < -0.4 is 0 Å². The van der Waals surface area contributed by atoms with Crippen LogP contribution in [0.2, 0.25) is 0 Å². The molecule has 20 heavy (non-hydrogen) atoms. The van der Waals surface area contributed by atoms with Crippen LogP contribution in [0.15, 0.2) is 6.07 Å². The van der Waals surface area contributed by atoms with E-state index in [-0.39, 0.29) is 11.0 Å². The standard InChI is InChI=1S/C13H15F4N3/c1-3-4-5-20-13-10(7(2)19-20)8(11(14)15)6-9(18-13)12(16)17/h6,11-12H,3-5H2,1-2H3. The monoisotopic (exact) mass is 289 g/mol. The van der Waals surface area contributed by atoms with Gasteiger partial charge < -0.3 is 0 Å². The Morgan fingerprint density at radius 2 is 1.90 bits per heavy atom. The van der Waals surface area contributed by atoms with Gasteiger partial charge in [-0.25, -0.2) is 27.2 Å². The highest BCUT2D eigenvalue weighted by molar-refractivity contribution is 5.82. The highest BCUT2D eigenvalue weighted by Gasteiger charge is 2.22. The summed E-state index contributed by atoms with van der Waals surface area (Å²) in [6.45, 7) is 4.03. The molecular weight excluding hydrogens is 274 g/mol. The average molecular weight is 289 g/mol. The molecule has 7 heteroatoms. The SMILES string of the molecule is CCCCn1nc(C)c2c(C(F)F)cc(C(F)F)nc21. The summed E-state index contributed by atoms with van der Waals surface area (Å²) < 4.78 is 53.2. The molecule has 0 bridgehead atoms. The Labute approximate surface area is 113 Å². The van der Waals surface area contributed by atoms with Gasteiger partial charge in [0.05, 0.1) is 11.1 Å². The smallest absolute Gasteiger partial charge is 0.247 e. The Balaban J connectivity index is 2.67. The lowest BCUT2D eigenvalue weighted by molar-refractivity contribution is 0.141. The summed E-state index contributed by atoms with van der Waals surface area (Å²) in [5.74, 6) is 0. The number of aryl methyl sites for hydroxylation is 2. The van der Waals surface area contributed by atoms with Crippen molar-refractivity contribution in [2.24, 2.45) is 0 Å². The summed E-state index contributed by atoms with van der Waals surface area (Å²) in [5.41, 5.74) is -0.556. The predicted octanol–water partition coefficient (Wildman–Crippen LogP) is 4.42. The maximum atomic E-state index is 13.1. The van der Waals surface area contributed by atoms with Gasteiger partial charge in [0.15, 0.2) is 5.65 Å². The van der Waals surface area contributed by atoms with E-state index in [4.69, 9.17) is 0 Å². The molecule has 0 saturated heterocycles. The minimum absolute atomic E-state index is 0.115. The van der Waals surface area contributed by atoms with Gasteiger partial charge in [0.2, 0.25) is 0 Å². The van der Waals surface area contributed by atoms with Gasteiger partial charge in [0.1, 0.15) is 5.69 Å². The van der Waals surface area contributed by atoms with E-state index in [0.29, 0.717) is 12.2 Å². The van der Waals surface area contributed by atoms with Crippen molar-refractivity contribution in [2.75, 3.05) is 0 Å². The van der Waals surface area contributed by atoms with Crippen LogP contribution in [0.4, 0.5) is 17.6 Å². The predicted molar refractivity (Wildman–Crippen MR) is 67.1 cm³/mol. The van der Waals surface area contributed by atoms with Crippen molar-refractivity contribution in [2.45, 2.75) is 46.1 Å². The molecule has 0 unspecified atom stereocenters. The first-order chi connectivity index (χ1) is 9.45. The number of rotatable bonds is 5. The van der Waals surface area contributed by atoms with Crippen LogP contribution in [0.3, 0.4) is 0 Å². The van der Waals surface area contributed by atoms with Crippen molar-refractivity contribution in [1.82, 2.24) is 14.8 Å². The zero-order valence-electron chi connectivity index (χ0n) is 11.2. The molecular formula is C13H15F4N3. The molecule has 0 aromatic carbocycles. The zero-order valence-corrected chi connectivity index (χ0v) is 11.2. The summed E-state index contributed by atoms with van der Waals surface area (Å²) in [4.78, 5) is 3.81. The Morgan fingerprint density at radius 3 is 2.45 bits per heavy atom. The largest absolute Gasteiger partial charge is 0.280 e. The van der Waals surface area contributed by atoms with Gasteiger partial charge in [-0.2, -0.15) is 5.10 Å². The number of pyridine rings is 1. The molecule has 0 aliphatic heterocycles. The van der Waals surface area contributed by atoms with E-state index in [1.165, 1.54) is 4.68 Å². The number of nitrogens with zero attached hydrogens (tertiary/aromatic N) is 3. The van der Waals surface area contributed by atoms with Gasteiger partial charge in [-0.15, -0.1) is 0 Å². The highest BCUT2D eigenvalue weighted by atomic mass is 19.3. The number of unbranched alkanes of at least 4 members (excludes halogenated alkanes) is 1. The number of hydrogen-bond acceptors (Lipinski definition) is 2. The third-order valence-corrected chi connectivity index (χ3v) is 3.11. The van der Waals surface area contributed by atoms with Gasteiger partial charge in [-0.3, -0.25) is 0 Å². The first kappa shape index (κ1) is 14.7. The van der Waals surface area contributed by atoms with Crippen LogP contribution in [0.1, 0.15) is 49.6 Å². The normalized spacial score (nSPS) is 12.0. The van der Waals surface area contributed by atoms with Gasteiger partial charge in [0, 0.05) is 12.1 Å². The van der Waals surface area contributed by atoms with E-state index in [2.05, 4.69) is 10.1 Å². The van der Waals surface area contributed by atoms with E-state index in [9.17, 15) is 17.6 Å². The van der Waals surface area contributed by atoms with Crippen LogP contribution in [-0.2, 0) is 6.54 Å². The molecule has 2 heterocycles. The molecule has 0 aliphatic carbocycles. The second-order valence-electron chi connectivity index (χ2n) is 4.60. The number of alkyl halides is 4. The minimum Gasteiger partial charge on any atom is -0.247 e. The summed E-state index contributed by atoms with van der Waals surface area (Å²) >= 11 is 0. The van der Waals surface area contributed by atoms with Crippen molar-refractivity contribution in [3.63, 3.8) is 0 Å². The Bertz CT molecular complexity index is 607. The summed E-state index contributed by atoms with van der Waals surface area (Å²) in [6.07, 6.45) is -4.05. The van der Waals surface area contributed by atoms with Gasteiger partial charge in [0.25, 0.3) is 12.9 Å². The summed E-state index contributed by atoms with van der Waals surface area (Å²) in [5, 5.41) is 4.33. The first-order valence-corrected chi connectivity index (χ1v) is 6.40. The first-order valence-electron chi connectivity index (χ1n) is 6.40.